The normalized spacial score (nSPS) is 12.4. The van der Waals surface area contributed by atoms with Crippen molar-refractivity contribution in [3.63, 3.8) is 0 Å². The van der Waals surface area contributed by atoms with Gasteiger partial charge in [-0.3, -0.25) is 4.79 Å². The third-order valence-corrected chi connectivity index (χ3v) is 2.44. The monoisotopic (exact) mass is 224 g/mol. The minimum absolute atomic E-state index is 0.356. The molecule has 0 aliphatic heterocycles. The molecule has 0 bridgehead atoms. The number of aryl methyl sites for hydroxylation is 1. The van der Waals surface area contributed by atoms with E-state index in [2.05, 4.69) is 5.32 Å². The maximum absolute atomic E-state index is 13.1. The van der Waals surface area contributed by atoms with Crippen molar-refractivity contribution >= 4 is 5.91 Å². The molecule has 1 aromatic rings. The lowest BCUT2D eigenvalue weighted by molar-refractivity contribution is -0.120. The van der Waals surface area contributed by atoms with Gasteiger partial charge in [0.1, 0.15) is 11.9 Å². The maximum Gasteiger partial charge on any atom is 0.239 e. The van der Waals surface area contributed by atoms with Crippen LogP contribution in [0.2, 0.25) is 0 Å². The summed E-state index contributed by atoms with van der Waals surface area (Å²) < 4.78 is 13.1. The highest BCUT2D eigenvalue weighted by Crippen LogP contribution is 2.18. The summed E-state index contributed by atoms with van der Waals surface area (Å²) in [5, 5.41) is 3.01. The second kappa shape index (κ2) is 5.61. The van der Waals surface area contributed by atoms with Crippen LogP contribution >= 0.6 is 0 Å². The second-order valence-corrected chi connectivity index (χ2v) is 3.79. The van der Waals surface area contributed by atoms with Crippen LogP contribution in [0.25, 0.3) is 0 Å². The molecule has 0 aliphatic rings. The Morgan fingerprint density at radius 2 is 2.25 bits per heavy atom. The fraction of sp³-hybridized carbons (Fsp3) is 0.417. The van der Waals surface area contributed by atoms with Gasteiger partial charge in [-0.1, -0.05) is 13.0 Å². The van der Waals surface area contributed by atoms with Gasteiger partial charge in [0, 0.05) is 0 Å². The van der Waals surface area contributed by atoms with E-state index in [1.165, 1.54) is 12.1 Å². The molecule has 16 heavy (non-hydrogen) atoms. The molecule has 1 atom stereocenters. The second-order valence-electron chi connectivity index (χ2n) is 3.79. The first-order valence-electron chi connectivity index (χ1n) is 5.35. The summed E-state index contributed by atoms with van der Waals surface area (Å²) >= 11 is 0. The molecular formula is C12H17FN2O. The van der Waals surface area contributed by atoms with Crippen LogP contribution in [0.5, 0.6) is 0 Å². The van der Waals surface area contributed by atoms with E-state index in [1.807, 2.05) is 13.8 Å². The average Bonchev–Trinajstić information content (AvgIpc) is 2.23. The zero-order valence-corrected chi connectivity index (χ0v) is 9.59. The van der Waals surface area contributed by atoms with Gasteiger partial charge in [0.15, 0.2) is 0 Å². The van der Waals surface area contributed by atoms with Crippen molar-refractivity contribution in [3.8, 4) is 0 Å². The number of hydrogen-bond donors (Lipinski definition) is 2. The summed E-state index contributed by atoms with van der Waals surface area (Å²) in [5.41, 5.74) is 6.77. The molecule has 1 rings (SSSR count). The predicted octanol–water partition coefficient (Wildman–Crippen LogP) is 1.66. The van der Waals surface area contributed by atoms with Gasteiger partial charge in [0.2, 0.25) is 5.91 Å². The number of carbonyl (C=O) groups excluding carboxylic acids is 1. The van der Waals surface area contributed by atoms with Gasteiger partial charge in [-0.25, -0.2) is 4.39 Å². The number of halogens is 1. The Hall–Kier alpha value is -1.42. The Morgan fingerprint density at radius 3 is 2.81 bits per heavy atom. The van der Waals surface area contributed by atoms with Crippen molar-refractivity contribution in [3.05, 3.63) is 35.1 Å². The lowest BCUT2D eigenvalue weighted by Crippen LogP contribution is -2.34. The molecule has 88 valence electrons. The summed E-state index contributed by atoms with van der Waals surface area (Å²) in [6.07, 6.45) is 0.887. The molecule has 3 N–H and O–H groups in total. The Morgan fingerprint density at radius 1 is 1.56 bits per heavy atom. The van der Waals surface area contributed by atoms with E-state index in [4.69, 9.17) is 5.73 Å². The van der Waals surface area contributed by atoms with Crippen molar-refractivity contribution in [1.29, 1.82) is 0 Å². The fourth-order valence-electron chi connectivity index (χ4n) is 1.57. The van der Waals surface area contributed by atoms with Crippen LogP contribution in [0.3, 0.4) is 0 Å². The topological polar surface area (TPSA) is 55.1 Å². The Kier molecular flexibility index (Phi) is 4.43. The van der Waals surface area contributed by atoms with Crippen LogP contribution < -0.4 is 11.1 Å². The summed E-state index contributed by atoms with van der Waals surface area (Å²) in [7, 11) is 0. The van der Waals surface area contributed by atoms with Crippen molar-refractivity contribution in [2.24, 2.45) is 5.73 Å². The van der Waals surface area contributed by atoms with Gasteiger partial charge in [-0.05, 0) is 43.1 Å². The average molecular weight is 224 g/mol. The van der Waals surface area contributed by atoms with Gasteiger partial charge in [-0.15, -0.1) is 0 Å². The third-order valence-electron chi connectivity index (χ3n) is 2.44. The molecule has 0 saturated heterocycles. The number of primary amides is 1. The maximum atomic E-state index is 13.1. The van der Waals surface area contributed by atoms with E-state index in [0.29, 0.717) is 12.1 Å². The van der Waals surface area contributed by atoms with Crippen LogP contribution in [-0.4, -0.2) is 12.5 Å². The first-order chi connectivity index (χ1) is 7.56. The van der Waals surface area contributed by atoms with E-state index >= 15 is 0 Å². The van der Waals surface area contributed by atoms with E-state index in [-0.39, 0.29) is 5.82 Å². The number of carbonyl (C=O) groups is 1. The van der Waals surface area contributed by atoms with Gasteiger partial charge in [0.05, 0.1) is 0 Å². The largest absolute Gasteiger partial charge is 0.368 e. The Balaban J connectivity index is 3.00. The molecule has 4 heteroatoms. The number of benzene rings is 1. The van der Waals surface area contributed by atoms with Crippen molar-refractivity contribution in [2.75, 3.05) is 6.54 Å². The minimum Gasteiger partial charge on any atom is -0.368 e. The van der Waals surface area contributed by atoms with E-state index in [1.54, 1.807) is 6.07 Å². The first kappa shape index (κ1) is 12.6. The fourth-order valence-corrected chi connectivity index (χ4v) is 1.57. The zero-order valence-electron chi connectivity index (χ0n) is 9.59. The summed E-state index contributed by atoms with van der Waals surface area (Å²) in [6.45, 7) is 4.49. The molecule has 0 saturated carbocycles. The first-order valence-corrected chi connectivity index (χ1v) is 5.35. The number of nitrogens with one attached hydrogen (secondary N) is 1. The molecule has 0 radical (unpaired) electrons. The van der Waals surface area contributed by atoms with Crippen molar-refractivity contribution < 1.29 is 9.18 Å². The smallest absolute Gasteiger partial charge is 0.239 e. The molecule has 3 nitrogen and oxygen atoms in total. The summed E-state index contributed by atoms with van der Waals surface area (Å²) in [4.78, 5) is 11.3. The van der Waals surface area contributed by atoms with E-state index in [9.17, 15) is 9.18 Å². The van der Waals surface area contributed by atoms with Crippen LogP contribution in [0.4, 0.5) is 4.39 Å². The van der Waals surface area contributed by atoms with Crippen molar-refractivity contribution in [1.82, 2.24) is 5.32 Å². The molecular weight excluding hydrogens is 207 g/mol. The molecule has 1 amide bonds. The lowest BCUT2D eigenvalue weighted by atomic mass is 10.0. The minimum atomic E-state index is -0.615. The highest BCUT2D eigenvalue weighted by Gasteiger charge is 2.19. The molecule has 0 spiro atoms. The number of rotatable bonds is 5. The molecule has 1 unspecified atom stereocenters. The highest BCUT2D eigenvalue weighted by atomic mass is 19.1. The molecule has 1 aromatic carbocycles. The standard InChI is InChI=1S/C12H17FN2O/c1-3-6-15-11(12(14)16)10-7-9(13)5-4-8(10)2/h4-5,7,11,15H,3,6H2,1-2H3,(H2,14,16). The van der Waals surface area contributed by atoms with Crippen molar-refractivity contribution in [2.45, 2.75) is 26.3 Å². The van der Waals surface area contributed by atoms with Gasteiger partial charge in [-0.2, -0.15) is 0 Å². The highest BCUT2D eigenvalue weighted by molar-refractivity contribution is 5.81. The number of hydrogen-bond acceptors (Lipinski definition) is 2. The molecule has 0 heterocycles. The molecule has 0 fully saturated rings. The van der Waals surface area contributed by atoms with Crippen LogP contribution in [0, 0.1) is 12.7 Å². The summed E-state index contributed by atoms with van der Waals surface area (Å²) in [6, 6.07) is 3.76. The van der Waals surface area contributed by atoms with Gasteiger partial charge in [0.25, 0.3) is 0 Å². The van der Waals surface area contributed by atoms with E-state index < -0.39 is 11.9 Å². The van der Waals surface area contributed by atoms with Gasteiger partial charge < -0.3 is 11.1 Å². The van der Waals surface area contributed by atoms with Crippen LogP contribution in [-0.2, 0) is 4.79 Å². The quantitative estimate of drug-likeness (QED) is 0.799. The lowest BCUT2D eigenvalue weighted by Gasteiger charge is -2.17. The van der Waals surface area contributed by atoms with Crippen LogP contribution in [0.1, 0.15) is 30.5 Å². The predicted molar refractivity (Wildman–Crippen MR) is 61.4 cm³/mol. The molecule has 0 aliphatic carbocycles. The zero-order chi connectivity index (χ0) is 12.1. The number of amides is 1. The van der Waals surface area contributed by atoms with Gasteiger partial charge >= 0.3 is 0 Å². The Labute approximate surface area is 94.8 Å². The summed E-state index contributed by atoms with van der Waals surface area (Å²) in [5.74, 6) is -0.840. The molecule has 0 aromatic heterocycles. The van der Waals surface area contributed by atoms with Crippen LogP contribution in [0.15, 0.2) is 18.2 Å². The SMILES string of the molecule is CCCNC(C(N)=O)c1cc(F)ccc1C. The third kappa shape index (κ3) is 3.03. The number of nitrogens with two attached hydrogens (primary N) is 1. The Bertz CT molecular complexity index is 379. The van der Waals surface area contributed by atoms with E-state index in [0.717, 1.165) is 12.0 Å².